The van der Waals surface area contributed by atoms with Gasteiger partial charge in [0.25, 0.3) is 0 Å². The van der Waals surface area contributed by atoms with Crippen molar-refractivity contribution in [2.75, 3.05) is 11.4 Å². The maximum atomic E-state index is 13.2. The van der Waals surface area contributed by atoms with Gasteiger partial charge in [0.1, 0.15) is 5.82 Å². The number of rotatable bonds is 4. The van der Waals surface area contributed by atoms with Crippen molar-refractivity contribution >= 4 is 21.4 Å². The van der Waals surface area contributed by atoms with Gasteiger partial charge in [-0.1, -0.05) is 12.1 Å². The summed E-state index contributed by atoms with van der Waals surface area (Å²) in [4.78, 5) is 1.59. The van der Waals surface area contributed by atoms with Gasteiger partial charge in [-0.05, 0) is 48.0 Å². The summed E-state index contributed by atoms with van der Waals surface area (Å²) in [6.07, 6.45) is -1.09. The number of nitrogens with zero attached hydrogens (tertiary/aromatic N) is 1. The smallest absolute Gasteiger partial charge is 0.246 e. The van der Waals surface area contributed by atoms with Crippen LogP contribution in [0.25, 0.3) is 5.70 Å². The van der Waals surface area contributed by atoms with Gasteiger partial charge in [0, 0.05) is 17.9 Å². The van der Waals surface area contributed by atoms with Gasteiger partial charge < -0.3 is 4.90 Å². The Morgan fingerprint density at radius 1 is 1.04 bits per heavy atom. The van der Waals surface area contributed by atoms with Gasteiger partial charge in [-0.2, -0.15) is 0 Å². The van der Waals surface area contributed by atoms with Crippen molar-refractivity contribution < 1.29 is 21.6 Å². The molecule has 8 heteroatoms. The van der Waals surface area contributed by atoms with Crippen LogP contribution in [0.5, 0.6) is 0 Å². The van der Waals surface area contributed by atoms with E-state index in [0.29, 0.717) is 16.9 Å². The predicted molar refractivity (Wildman–Crippen MR) is 89.0 cm³/mol. The molecule has 0 aliphatic carbocycles. The molecule has 0 aromatic heterocycles. The number of anilines is 1. The molecular weight excluding hydrogens is 353 g/mol. The molecule has 0 amide bonds. The van der Waals surface area contributed by atoms with Crippen molar-refractivity contribution in [3.63, 3.8) is 0 Å². The van der Waals surface area contributed by atoms with Gasteiger partial charge in [-0.25, -0.2) is 26.7 Å². The third-order valence-corrected chi connectivity index (χ3v) is 4.93. The molecule has 2 N–H and O–H groups in total. The third-order valence-electron chi connectivity index (χ3n) is 4.00. The van der Waals surface area contributed by atoms with E-state index in [4.69, 9.17) is 5.14 Å². The molecular formula is C17H15F3N2O2S. The number of sulfonamides is 1. The highest BCUT2D eigenvalue weighted by Gasteiger charge is 2.31. The second-order valence-electron chi connectivity index (χ2n) is 5.71. The molecule has 0 fully saturated rings. The zero-order chi connectivity index (χ0) is 18.2. The predicted octanol–water partition coefficient (Wildman–Crippen LogP) is 3.22. The topological polar surface area (TPSA) is 63.4 Å². The zero-order valence-electron chi connectivity index (χ0n) is 12.9. The first-order valence-electron chi connectivity index (χ1n) is 7.42. The highest BCUT2D eigenvalue weighted by Crippen LogP contribution is 2.36. The second kappa shape index (κ2) is 6.53. The van der Waals surface area contributed by atoms with E-state index in [2.05, 4.69) is 0 Å². The Hall–Kier alpha value is -2.32. The normalized spacial score (nSPS) is 17.9. The second-order valence-corrected chi connectivity index (χ2v) is 7.27. The van der Waals surface area contributed by atoms with Crippen LogP contribution in [-0.2, 0) is 10.0 Å². The lowest BCUT2D eigenvalue weighted by Gasteiger charge is -2.24. The Labute approximate surface area is 143 Å². The van der Waals surface area contributed by atoms with Crippen LogP contribution >= 0.6 is 0 Å². The molecule has 0 spiro atoms. The Kier molecular flexibility index (Phi) is 4.57. The molecule has 3 rings (SSSR count). The summed E-state index contributed by atoms with van der Waals surface area (Å²) in [5.41, 5.74) is 1.66. The van der Waals surface area contributed by atoms with E-state index >= 15 is 0 Å². The van der Waals surface area contributed by atoms with Gasteiger partial charge in [0.05, 0.1) is 10.8 Å². The quantitative estimate of drug-likeness (QED) is 0.901. The minimum Gasteiger partial charge on any atom is -0.340 e. The maximum absolute atomic E-state index is 13.2. The number of halogens is 3. The minimum atomic E-state index is -3.83. The van der Waals surface area contributed by atoms with Crippen molar-refractivity contribution in [3.8, 4) is 0 Å². The van der Waals surface area contributed by atoms with E-state index in [1.165, 1.54) is 54.6 Å². The summed E-state index contributed by atoms with van der Waals surface area (Å²) in [5, 5.41) is 5.07. The molecule has 1 heterocycles. The monoisotopic (exact) mass is 368 g/mol. The molecule has 25 heavy (non-hydrogen) atoms. The number of primary sulfonamides is 1. The van der Waals surface area contributed by atoms with Crippen molar-refractivity contribution in [2.24, 2.45) is 11.1 Å². The van der Waals surface area contributed by atoms with Crippen LogP contribution in [-0.4, -0.2) is 21.4 Å². The van der Waals surface area contributed by atoms with E-state index in [0.717, 1.165) is 0 Å². The molecule has 2 aromatic carbocycles. The average Bonchev–Trinajstić information content (AvgIpc) is 3.00. The Morgan fingerprint density at radius 2 is 1.64 bits per heavy atom. The summed E-state index contributed by atoms with van der Waals surface area (Å²) in [7, 11) is -3.83. The number of hydrogen-bond donors (Lipinski definition) is 1. The van der Waals surface area contributed by atoms with Crippen LogP contribution in [0.15, 0.2) is 59.5 Å². The standard InChI is InChI=1S/C17H15F3N2O2S/c18-13-3-5-14(6-4-13)22-10-12(17(19)20)9-16(22)11-1-7-15(8-2-11)25(21,23)24/h1-9,12,17H,10H2,(H2,21,23,24). The molecule has 0 saturated heterocycles. The summed E-state index contributed by atoms with van der Waals surface area (Å²) in [6.45, 7) is 0.0512. The minimum absolute atomic E-state index is 0.0512. The third kappa shape index (κ3) is 3.69. The zero-order valence-corrected chi connectivity index (χ0v) is 13.8. The molecule has 132 valence electrons. The highest BCUT2D eigenvalue weighted by molar-refractivity contribution is 7.89. The van der Waals surface area contributed by atoms with Crippen molar-refractivity contribution in [1.82, 2.24) is 0 Å². The summed E-state index contributed by atoms with van der Waals surface area (Å²) < 4.78 is 62.2. The van der Waals surface area contributed by atoms with E-state index in [9.17, 15) is 21.6 Å². The fraction of sp³-hybridized carbons (Fsp3) is 0.176. The highest BCUT2D eigenvalue weighted by atomic mass is 32.2. The first-order chi connectivity index (χ1) is 11.8. The van der Waals surface area contributed by atoms with E-state index in [1.54, 1.807) is 4.90 Å². The number of hydrogen-bond acceptors (Lipinski definition) is 3. The largest absolute Gasteiger partial charge is 0.340 e. The van der Waals surface area contributed by atoms with Crippen LogP contribution in [0.2, 0.25) is 0 Å². The van der Waals surface area contributed by atoms with Crippen molar-refractivity contribution in [3.05, 3.63) is 66.0 Å². The Morgan fingerprint density at radius 3 is 2.16 bits per heavy atom. The molecule has 1 aliphatic rings. The molecule has 1 aliphatic heterocycles. The first-order valence-corrected chi connectivity index (χ1v) is 8.96. The van der Waals surface area contributed by atoms with Crippen LogP contribution in [0, 0.1) is 11.7 Å². The van der Waals surface area contributed by atoms with E-state index in [-0.39, 0.29) is 11.4 Å². The lowest BCUT2D eigenvalue weighted by molar-refractivity contribution is 0.107. The van der Waals surface area contributed by atoms with E-state index < -0.39 is 28.2 Å². The van der Waals surface area contributed by atoms with Gasteiger partial charge in [0.2, 0.25) is 16.4 Å². The van der Waals surface area contributed by atoms with Crippen molar-refractivity contribution in [2.45, 2.75) is 11.3 Å². The molecule has 4 nitrogen and oxygen atoms in total. The van der Waals surface area contributed by atoms with Crippen LogP contribution in [0.4, 0.5) is 18.9 Å². The van der Waals surface area contributed by atoms with Gasteiger partial charge in [-0.15, -0.1) is 0 Å². The van der Waals surface area contributed by atoms with Crippen molar-refractivity contribution in [1.29, 1.82) is 0 Å². The SMILES string of the molecule is NS(=O)(=O)c1ccc(C2=CC(C(F)F)CN2c2ccc(F)cc2)cc1. The summed E-state index contributed by atoms with van der Waals surface area (Å²) in [6, 6.07) is 11.2. The Balaban J connectivity index is 1.99. The van der Waals surface area contributed by atoms with E-state index in [1.807, 2.05) is 0 Å². The number of alkyl halides is 2. The number of nitrogens with two attached hydrogens (primary N) is 1. The van der Waals surface area contributed by atoms with Crippen LogP contribution in [0.1, 0.15) is 5.56 Å². The van der Waals surface area contributed by atoms with Crippen LogP contribution in [0.3, 0.4) is 0 Å². The fourth-order valence-electron chi connectivity index (χ4n) is 2.74. The molecule has 1 atom stereocenters. The Bertz CT molecular complexity index is 894. The first kappa shape index (κ1) is 17.5. The van der Waals surface area contributed by atoms with Gasteiger partial charge >= 0.3 is 0 Å². The molecule has 2 aromatic rings. The summed E-state index contributed by atoms with van der Waals surface area (Å²) in [5.74, 6) is -1.39. The lowest BCUT2D eigenvalue weighted by Crippen LogP contribution is -2.23. The van der Waals surface area contributed by atoms with Crippen LogP contribution < -0.4 is 10.0 Å². The number of benzene rings is 2. The molecule has 0 radical (unpaired) electrons. The van der Waals surface area contributed by atoms with Gasteiger partial charge in [-0.3, -0.25) is 0 Å². The molecule has 1 unspecified atom stereocenters. The molecule has 0 bridgehead atoms. The average molecular weight is 368 g/mol. The molecule has 0 saturated carbocycles. The lowest BCUT2D eigenvalue weighted by atomic mass is 10.1. The summed E-state index contributed by atoms with van der Waals surface area (Å²) >= 11 is 0. The maximum Gasteiger partial charge on any atom is 0.246 e. The fourth-order valence-corrected chi connectivity index (χ4v) is 3.26. The van der Waals surface area contributed by atoms with Gasteiger partial charge in [0.15, 0.2) is 0 Å².